The molecule has 10 heteroatoms. The molecule has 0 saturated carbocycles. The molecule has 4 rings (SSSR count). The molecule has 1 unspecified atom stereocenters. The van der Waals surface area contributed by atoms with E-state index >= 15 is 0 Å². The maximum atomic E-state index is 14.9. The normalized spacial score (nSPS) is 17.7. The molecule has 0 radical (unpaired) electrons. The van der Waals surface area contributed by atoms with Crippen LogP contribution in [0.3, 0.4) is 0 Å². The van der Waals surface area contributed by atoms with Gasteiger partial charge in [0.1, 0.15) is 17.3 Å². The van der Waals surface area contributed by atoms with Gasteiger partial charge in [-0.25, -0.2) is 4.39 Å². The minimum atomic E-state index is -4.72. The lowest BCUT2D eigenvalue weighted by Gasteiger charge is -2.26. The Morgan fingerprint density at radius 1 is 1.03 bits per heavy atom. The second-order valence-electron chi connectivity index (χ2n) is 7.59. The van der Waals surface area contributed by atoms with Crippen molar-refractivity contribution >= 4 is 39.1 Å². The number of hydrogen-bond donors (Lipinski definition) is 1. The Labute approximate surface area is 205 Å². The molecule has 1 aliphatic rings. The van der Waals surface area contributed by atoms with E-state index in [0.29, 0.717) is 16.3 Å². The van der Waals surface area contributed by atoms with E-state index in [-0.39, 0.29) is 16.8 Å². The van der Waals surface area contributed by atoms with E-state index in [1.807, 2.05) is 0 Å². The van der Waals surface area contributed by atoms with Crippen molar-refractivity contribution in [3.8, 4) is 5.75 Å². The lowest BCUT2D eigenvalue weighted by molar-refractivity contribution is -0.137. The Morgan fingerprint density at radius 2 is 1.74 bits per heavy atom. The zero-order valence-corrected chi connectivity index (χ0v) is 19.5. The second-order valence-corrected chi connectivity index (χ2v) is 8.44. The summed E-state index contributed by atoms with van der Waals surface area (Å²) >= 11 is 3.27. The number of benzene rings is 3. The van der Waals surface area contributed by atoms with Gasteiger partial charge >= 0.3 is 6.18 Å². The SMILES string of the molecule is COc1ccc(/C(O)=C2\C(=O)C(=O)N(c3cccc(C(F)(F)F)c3)C2c2ccccc2F)cc1Br. The fourth-order valence-electron chi connectivity index (χ4n) is 3.89. The molecule has 1 saturated heterocycles. The standard InChI is InChI=1S/C25H16BrF4NO4/c1-35-19-10-9-13(11-17(19)26)22(32)20-21(16-7-2-3-8-18(16)27)31(24(34)23(20)33)15-6-4-5-14(12-15)25(28,29)30/h2-12,21,32H,1H3/b22-20+. The highest BCUT2D eigenvalue weighted by Crippen LogP contribution is 2.44. The largest absolute Gasteiger partial charge is 0.507 e. The van der Waals surface area contributed by atoms with Gasteiger partial charge in [-0.15, -0.1) is 0 Å². The van der Waals surface area contributed by atoms with E-state index in [9.17, 15) is 32.3 Å². The molecule has 1 amide bonds. The van der Waals surface area contributed by atoms with Gasteiger partial charge in [-0.1, -0.05) is 24.3 Å². The third-order valence-corrected chi connectivity index (χ3v) is 6.14. The first kappa shape index (κ1) is 24.5. The number of ether oxygens (including phenoxy) is 1. The van der Waals surface area contributed by atoms with Crippen molar-refractivity contribution < 1.29 is 37.0 Å². The Hall–Kier alpha value is -3.66. The van der Waals surface area contributed by atoms with Crippen LogP contribution in [0.25, 0.3) is 5.76 Å². The monoisotopic (exact) mass is 549 g/mol. The van der Waals surface area contributed by atoms with Crippen molar-refractivity contribution in [3.05, 3.63) is 99.3 Å². The lowest BCUT2D eigenvalue weighted by Crippen LogP contribution is -2.30. The molecule has 3 aromatic carbocycles. The number of alkyl halides is 3. The number of carbonyl (C=O) groups is 2. The van der Waals surface area contributed by atoms with E-state index in [1.165, 1.54) is 49.6 Å². The first-order valence-electron chi connectivity index (χ1n) is 10.1. The van der Waals surface area contributed by atoms with Gasteiger partial charge in [-0.3, -0.25) is 14.5 Å². The molecule has 1 atom stereocenters. The summed E-state index contributed by atoms with van der Waals surface area (Å²) in [6, 6.07) is 11.9. The van der Waals surface area contributed by atoms with Gasteiger partial charge in [0.2, 0.25) is 0 Å². The van der Waals surface area contributed by atoms with Crippen LogP contribution in [-0.4, -0.2) is 23.9 Å². The van der Waals surface area contributed by atoms with Crippen LogP contribution in [0.2, 0.25) is 0 Å². The van der Waals surface area contributed by atoms with Crippen LogP contribution in [0.5, 0.6) is 5.75 Å². The highest BCUT2D eigenvalue weighted by atomic mass is 79.9. The summed E-state index contributed by atoms with van der Waals surface area (Å²) in [6.45, 7) is 0. The molecule has 0 aromatic heterocycles. The number of amides is 1. The van der Waals surface area contributed by atoms with Crippen molar-refractivity contribution in [2.75, 3.05) is 12.0 Å². The first-order chi connectivity index (χ1) is 16.5. The lowest BCUT2D eigenvalue weighted by atomic mass is 9.94. The number of nitrogens with zero attached hydrogens (tertiary/aromatic N) is 1. The van der Waals surface area contributed by atoms with Crippen LogP contribution in [-0.2, 0) is 15.8 Å². The van der Waals surface area contributed by atoms with E-state index < -0.39 is 46.6 Å². The number of rotatable bonds is 4. The number of ketones is 1. The van der Waals surface area contributed by atoms with Gasteiger partial charge < -0.3 is 9.84 Å². The maximum absolute atomic E-state index is 14.9. The summed E-state index contributed by atoms with van der Waals surface area (Å²) in [5.41, 5.74) is -1.85. The summed E-state index contributed by atoms with van der Waals surface area (Å²) < 4.78 is 60.5. The van der Waals surface area contributed by atoms with Crippen molar-refractivity contribution in [2.45, 2.75) is 12.2 Å². The van der Waals surface area contributed by atoms with Gasteiger partial charge in [0.25, 0.3) is 11.7 Å². The van der Waals surface area contributed by atoms with Crippen LogP contribution in [0.4, 0.5) is 23.2 Å². The van der Waals surface area contributed by atoms with Crippen LogP contribution in [0.1, 0.15) is 22.7 Å². The molecule has 1 heterocycles. The van der Waals surface area contributed by atoms with Crippen molar-refractivity contribution in [2.24, 2.45) is 0 Å². The van der Waals surface area contributed by atoms with Gasteiger partial charge in [-0.05, 0) is 58.4 Å². The number of anilines is 1. The van der Waals surface area contributed by atoms with Gasteiger partial charge in [0.05, 0.1) is 28.8 Å². The highest BCUT2D eigenvalue weighted by Gasteiger charge is 2.48. The molecule has 0 spiro atoms. The predicted octanol–water partition coefficient (Wildman–Crippen LogP) is 6.24. The van der Waals surface area contributed by atoms with E-state index in [1.54, 1.807) is 0 Å². The average molecular weight is 550 g/mol. The average Bonchev–Trinajstić information content (AvgIpc) is 3.08. The Morgan fingerprint density at radius 3 is 2.37 bits per heavy atom. The van der Waals surface area contributed by atoms with Crippen molar-refractivity contribution in [3.63, 3.8) is 0 Å². The maximum Gasteiger partial charge on any atom is 0.416 e. The number of aliphatic hydroxyl groups excluding tert-OH is 1. The molecular formula is C25H16BrF4NO4. The topological polar surface area (TPSA) is 66.8 Å². The summed E-state index contributed by atoms with van der Waals surface area (Å²) in [7, 11) is 1.43. The minimum Gasteiger partial charge on any atom is -0.507 e. The van der Waals surface area contributed by atoms with E-state index in [4.69, 9.17) is 4.74 Å². The molecular weight excluding hydrogens is 534 g/mol. The minimum absolute atomic E-state index is 0.112. The fraction of sp³-hybridized carbons (Fsp3) is 0.120. The molecule has 1 aliphatic heterocycles. The van der Waals surface area contributed by atoms with Crippen molar-refractivity contribution in [1.82, 2.24) is 0 Å². The molecule has 1 fully saturated rings. The number of halogens is 5. The highest BCUT2D eigenvalue weighted by molar-refractivity contribution is 9.10. The predicted molar refractivity (Wildman–Crippen MR) is 123 cm³/mol. The smallest absolute Gasteiger partial charge is 0.416 e. The Kier molecular flexibility index (Phi) is 6.42. The van der Waals surface area contributed by atoms with Crippen LogP contribution >= 0.6 is 15.9 Å². The number of Topliss-reactive ketones (excluding diaryl/α,β-unsaturated/α-hetero) is 1. The molecule has 0 aliphatic carbocycles. The first-order valence-corrected chi connectivity index (χ1v) is 10.9. The molecule has 0 bridgehead atoms. The summed E-state index contributed by atoms with van der Waals surface area (Å²) in [5, 5.41) is 11.1. The van der Waals surface area contributed by atoms with E-state index in [2.05, 4.69) is 15.9 Å². The van der Waals surface area contributed by atoms with Crippen molar-refractivity contribution in [1.29, 1.82) is 0 Å². The summed E-state index contributed by atoms with van der Waals surface area (Å²) in [5.74, 6) is -3.36. The Bertz CT molecular complexity index is 1370. The number of hydrogen-bond acceptors (Lipinski definition) is 4. The van der Waals surface area contributed by atoms with Crippen LogP contribution in [0.15, 0.2) is 76.8 Å². The van der Waals surface area contributed by atoms with Gasteiger partial charge in [0, 0.05) is 16.8 Å². The fourth-order valence-corrected chi connectivity index (χ4v) is 4.43. The second kappa shape index (κ2) is 9.18. The number of carbonyl (C=O) groups excluding carboxylic acids is 2. The Balaban J connectivity index is 1.97. The van der Waals surface area contributed by atoms with Gasteiger partial charge in [-0.2, -0.15) is 13.2 Å². The third kappa shape index (κ3) is 4.41. The summed E-state index contributed by atoms with van der Waals surface area (Å²) in [4.78, 5) is 26.9. The molecule has 1 N–H and O–H groups in total. The molecule has 180 valence electrons. The van der Waals surface area contributed by atoms with Crippen LogP contribution in [0, 0.1) is 5.82 Å². The molecule has 3 aromatic rings. The summed E-state index contributed by atoms with van der Waals surface area (Å²) in [6.07, 6.45) is -4.72. The molecule has 35 heavy (non-hydrogen) atoms. The number of methoxy groups -OCH3 is 1. The number of aliphatic hydroxyl groups is 1. The third-order valence-electron chi connectivity index (χ3n) is 5.52. The zero-order chi connectivity index (χ0) is 25.5. The van der Waals surface area contributed by atoms with Gasteiger partial charge in [0.15, 0.2) is 0 Å². The zero-order valence-electron chi connectivity index (χ0n) is 17.9. The quantitative estimate of drug-likeness (QED) is 0.181. The molecule has 5 nitrogen and oxygen atoms in total. The van der Waals surface area contributed by atoms with Crippen LogP contribution < -0.4 is 9.64 Å². The van der Waals surface area contributed by atoms with E-state index in [0.717, 1.165) is 23.1 Å².